The van der Waals surface area contributed by atoms with Gasteiger partial charge in [-0.3, -0.25) is 9.13 Å². The van der Waals surface area contributed by atoms with E-state index in [1.165, 1.54) is 18.4 Å². The number of aromatic nitrogens is 2. The summed E-state index contributed by atoms with van der Waals surface area (Å²) in [5.74, 6) is 0. The maximum Gasteiger partial charge on any atom is 0.332 e. The van der Waals surface area contributed by atoms with Crippen LogP contribution < -0.4 is 11.4 Å². The molecule has 2 aromatic rings. The van der Waals surface area contributed by atoms with Gasteiger partial charge in [0.2, 0.25) is 0 Å². The van der Waals surface area contributed by atoms with Gasteiger partial charge in [0.25, 0.3) is 0 Å². The van der Waals surface area contributed by atoms with Gasteiger partial charge in [-0.15, -0.1) is 0 Å². The van der Waals surface area contributed by atoms with Gasteiger partial charge in [0, 0.05) is 30.4 Å². The summed E-state index contributed by atoms with van der Waals surface area (Å²) in [5.41, 5.74) is 8.26. The molecule has 0 unspecified atom stereocenters. The summed E-state index contributed by atoms with van der Waals surface area (Å²) >= 11 is 0. The molecular formula is C16H21N3O. The number of nitrogens with two attached hydrogens (primary N) is 1. The normalized spacial score (nSPS) is 16.6. The van der Waals surface area contributed by atoms with Crippen LogP contribution in [0, 0.1) is 0 Å². The topological polar surface area (TPSA) is 52.9 Å². The fourth-order valence-corrected chi connectivity index (χ4v) is 2.72. The maximum absolute atomic E-state index is 12.3. The predicted octanol–water partition coefficient (Wildman–Crippen LogP) is 2.21. The van der Waals surface area contributed by atoms with E-state index < -0.39 is 0 Å². The highest BCUT2D eigenvalue weighted by Gasteiger charge is 2.42. The molecule has 1 saturated carbocycles. The van der Waals surface area contributed by atoms with Crippen molar-refractivity contribution in [1.82, 2.24) is 9.13 Å². The molecule has 1 aromatic heterocycles. The molecule has 1 heterocycles. The molecule has 0 amide bonds. The minimum Gasteiger partial charge on any atom is -0.330 e. The third kappa shape index (κ3) is 2.00. The minimum absolute atomic E-state index is 0.00714. The Bertz CT molecular complexity index is 660. The molecule has 1 aromatic carbocycles. The first-order valence-electron chi connectivity index (χ1n) is 7.18. The quantitative estimate of drug-likeness (QED) is 0.927. The Labute approximate surface area is 118 Å². The van der Waals surface area contributed by atoms with Gasteiger partial charge >= 0.3 is 5.69 Å². The fourth-order valence-electron chi connectivity index (χ4n) is 2.72. The third-order valence-corrected chi connectivity index (χ3v) is 4.36. The van der Waals surface area contributed by atoms with Gasteiger partial charge in [-0.1, -0.05) is 12.1 Å². The van der Waals surface area contributed by atoms with Gasteiger partial charge in [0.15, 0.2) is 0 Å². The summed E-state index contributed by atoms with van der Waals surface area (Å²) in [4.78, 5) is 12.3. The number of nitrogens with zero attached hydrogens (tertiary/aromatic N) is 2. The van der Waals surface area contributed by atoms with E-state index in [1.54, 1.807) is 9.13 Å². The number of imidazole rings is 1. The molecule has 20 heavy (non-hydrogen) atoms. The van der Waals surface area contributed by atoms with Crippen LogP contribution in [0.5, 0.6) is 0 Å². The molecule has 1 fully saturated rings. The molecule has 2 N–H and O–H groups in total. The molecule has 0 aliphatic heterocycles. The third-order valence-electron chi connectivity index (χ3n) is 4.36. The Morgan fingerprint density at radius 1 is 1.20 bits per heavy atom. The van der Waals surface area contributed by atoms with Crippen LogP contribution in [0.1, 0.15) is 38.3 Å². The lowest BCUT2D eigenvalue weighted by Gasteiger charge is -2.13. The summed E-state index contributed by atoms with van der Waals surface area (Å²) < 4.78 is 3.42. The molecule has 4 heteroatoms. The van der Waals surface area contributed by atoms with Crippen LogP contribution in [0.3, 0.4) is 0 Å². The second-order valence-electron chi connectivity index (χ2n) is 5.98. The second kappa shape index (κ2) is 4.63. The molecule has 3 rings (SSSR count). The predicted molar refractivity (Wildman–Crippen MR) is 80.4 cm³/mol. The zero-order valence-corrected chi connectivity index (χ0v) is 12.0. The van der Waals surface area contributed by atoms with Crippen molar-refractivity contribution in [3.63, 3.8) is 0 Å². The van der Waals surface area contributed by atoms with Crippen molar-refractivity contribution in [1.29, 1.82) is 0 Å². The first-order chi connectivity index (χ1) is 9.57. The Hall–Kier alpha value is -1.81. The van der Waals surface area contributed by atoms with E-state index in [0.717, 1.165) is 5.69 Å². The van der Waals surface area contributed by atoms with E-state index in [4.69, 9.17) is 5.73 Å². The van der Waals surface area contributed by atoms with Crippen LogP contribution in [-0.4, -0.2) is 15.7 Å². The van der Waals surface area contributed by atoms with Crippen molar-refractivity contribution in [2.24, 2.45) is 5.73 Å². The summed E-state index contributed by atoms with van der Waals surface area (Å²) in [6.45, 7) is 4.72. The van der Waals surface area contributed by atoms with E-state index in [2.05, 4.69) is 12.1 Å². The molecule has 0 bridgehead atoms. The van der Waals surface area contributed by atoms with Crippen molar-refractivity contribution in [2.75, 3.05) is 6.54 Å². The molecule has 0 saturated heterocycles. The fraction of sp³-hybridized carbons (Fsp3) is 0.438. The van der Waals surface area contributed by atoms with E-state index in [0.29, 0.717) is 6.54 Å². The average Bonchev–Trinajstić information content (AvgIpc) is 3.16. The second-order valence-corrected chi connectivity index (χ2v) is 5.98. The SMILES string of the molecule is CC(C)n1ccn(-c2ccc(C3(CN)CC3)cc2)c1=O. The number of rotatable bonds is 4. The first kappa shape index (κ1) is 13.2. The first-order valence-corrected chi connectivity index (χ1v) is 7.18. The van der Waals surface area contributed by atoms with Crippen LogP contribution in [0.2, 0.25) is 0 Å². The minimum atomic E-state index is 0.00714. The van der Waals surface area contributed by atoms with Crippen molar-refractivity contribution in [3.8, 4) is 5.69 Å². The van der Waals surface area contributed by atoms with Crippen molar-refractivity contribution in [3.05, 3.63) is 52.7 Å². The van der Waals surface area contributed by atoms with Crippen LogP contribution in [0.25, 0.3) is 5.69 Å². The van der Waals surface area contributed by atoms with E-state index >= 15 is 0 Å². The van der Waals surface area contributed by atoms with Gasteiger partial charge in [-0.05, 0) is 44.4 Å². The summed E-state index contributed by atoms with van der Waals surface area (Å²) in [5, 5.41) is 0. The highest BCUT2D eigenvalue weighted by atomic mass is 16.1. The molecule has 1 aliphatic rings. The van der Waals surface area contributed by atoms with Crippen LogP contribution in [-0.2, 0) is 5.41 Å². The molecular weight excluding hydrogens is 250 g/mol. The van der Waals surface area contributed by atoms with Gasteiger partial charge in [-0.25, -0.2) is 4.79 Å². The summed E-state index contributed by atoms with van der Waals surface area (Å²) in [6, 6.07) is 8.41. The number of hydrogen-bond donors (Lipinski definition) is 1. The van der Waals surface area contributed by atoms with Gasteiger partial charge < -0.3 is 5.73 Å². The molecule has 0 atom stereocenters. The molecule has 106 valence electrons. The summed E-state index contributed by atoms with van der Waals surface area (Å²) in [6.07, 6.45) is 6.01. The van der Waals surface area contributed by atoms with Crippen LogP contribution >= 0.6 is 0 Å². The van der Waals surface area contributed by atoms with Crippen molar-refractivity contribution < 1.29 is 0 Å². The lowest BCUT2D eigenvalue weighted by Crippen LogP contribution is -2.24. The van der Waals surface area contributed by atoms with Gasteiger partial charge in [0.1, 0.15) is 0 Å². The monoisotopic (exact) mass is 271 g/mol. The summed E-state index contributed by atoms with van der Waals surface area (Å²) in [7, 11) is 0. The zero-order valence-electron chi connectivity index (χ0n) is 12.0. The van der Waals surface area contributed by atoms with Crippen LogP contribution in [0.15, 0.2) is 41.5 Å². The van der Waals surface area contributed by atoms with E-state index in [9.17, 15) is 4.79 Å². The molecule has 0 spiro atoms. The van der Waals surface area contributed by atoms with E-state index in [1.807, 2.05) is 38.4 Å². The lowest BCUT2D eigenvalue weighted by atomic mass is 9.96. The zero-order chi connectivity index (χ0) is 14.3. The average molecular weight is 271 g/mol. The lowest BCUT2D eigenvalue weighted by molar-refractivity contribution is 0.574. The smallest absolute Gasteiger partial charge is 0.330 e. The Morgan fingerprint density at radius 3 is 2.30 bits per heavy atom. The Kier molecular flexibility index (Phi) is 3.05. The highest BCUT2D eigenvalue weighted by molar-refractivity contribution is 5.40. The molecule has 1 aliphatic carbocycles. The highest BCUT2D eigenvalue weighted by Crippen LogP contribution is 2.47. The van der Waals surface area contributed by atoms with Crippen molar-refractivity contribution >= 4 is 0 Å². The molecule has 4 nitrogen and oxygen atoms in total. The van der Waals surface area contributed by atoms with Gasteiger partial charge in [-0.2, -0.15) is 0 Å². The van der Waals surface area contributed by atoms with Crippen LogP contribution in [0.4, 0.5) is 0 Å². The van der Waals surface area contributed by atoms with Crippen molar-refractivity contribution in [2.45, 2.75) is 38.1 Å². The van der Waals surface area contributed by atoms with E-state index in [-0.39, 0.29) is 17.1 Å². The number of hydrogen-bond acceptors (Lipinski definition) is 2. The number of benzene rings is 1. The Balaban J connectivity index is 1.94. The van der Waals surface area contributed by atoms with Gasteiger partial charge in [0.05, 0.1) is 5.69 Å². The molecule has 0 radical (unpaired) electrons. The Morgan fingerprint density at radius 2 is 1.85 bits per heavy atom. The maximum atomic E-state index is 12.3. The largest absolute Gasteiger partial charge is 0.332 e. The standard InChI is InChI=1S/C16H21N3O/c1-12(2)18-9-10-19(15(18)20)14-5-3-13(4-6-14)16(11-17)7-8-16/h3-6,9-10,12H,7-8,11,17H2,1-2H3.